The van der Waals surface area contributed by atoms with E-state index in [0.717, 1.165) is 31.3 Å². The van der Waals surface area contributed by atoms with Gasteiger partial charge in [0.1, 0.15) is 5.92 Å². The number of nitro benzene ring substituents is 1. The van der Waals surface area contributed by atoms with E-state index in [0.29, 0.717) is 22.6 Å². The van der Waals surface area contributed by atoms with Crippen LogP contribution in [0.5, 0.6) is 0 Å². The van der Waals surface area contributed by atoms with Crippen molar-refractivity contribution in [3.8, 4) is 0 Å². The first-order chi connectivity index (χ1) is 21.3. The van der Waals surface area contributed by atoms with Gasteiger partial charge in [-0.2, -0.15) is 0 Å². The van der Waals surface area contributed by atoms with Crippen LogP contribution in [0.2, 0.25) is 0 Å². The second-order valence-electron chi connectivity index (χ2n) is 10.9. The van der Waals surface area contributed by atoms with E-state index >= 15 is 0 Å². The molecule has 0 radical (unpaired) electrons. The van der Waals surface area contributed by atoms with Gasteiger partial charge in [0.25, 0.3) is 15.7 Å². The molecule has 1 amide bonds. The summed E-state index contributed by atoms with van der Waals surface area (Å²) in [6.07, 6.45) is 3.74. The second kappa shape index (κ2) is 12.4. The molecule has 0 saturated carbocycles. The van der Waals surface area contributed by atoms with Gasteiger partial charge in [0.05, 0.1) is 16.3 Å². The van der Waals surface area contributed by atoms with Gasteiger partial charge >= 0.3 is 0 Å². The van der Waals surface area contributed by atoms with Crippen LogP contribution in [0.3, 0.4) is 0 Å². The number of likely N-dealkylation sites (tertiary alicyclic amines) is 1. The van der Waals surface area contributed by atoms with Crippen molar-refractivity contribution < 1.29 is 18.1 Å². The van der Waals surface area contributed by atoms with Crippen LogP contribution in [0.15, 0.2) is 107 Å². The number of para-hydroxylation sites is 1. The van der Waals surface area contributed by atoms with Gasteiger partial charge in [-0.1, -0.05) is 61.0 Å². The highest BCUT2D eigenvalue weighted by Gasteiger charge is 2.36. The van der Waals surface area contributed by atoms with Crippen LogP contribution >= 0.6 is 0 Å². The minimum Gasteiger partial charge on any atom is -0.325 e. The van der Waals surface area contributed by atoms with Gasteiger partial charge in [-0.15, -0.1) is 0 Å². The predicted octanol–water partition coefficient (Wildman–Crippen LogP) is 6.24. The van der Waals surface area contributed by atoms with Crippen LogP contribution in [-0.4, -0.2) is 42.9 Å². The van der Waals surface area contributed by atoms with Crippen LogP contribution in [-0.2, 0) is 21.4 Å². The van der Waals surface area contributed by atoms with Gasteiger partial charge in [0, 0.05) is 24.0 Å². The first kappa shape index (κ1) is 29.2. The van der Waals surface area contributed by atoms with Gasteiger partial charge in [-0.05, 0) is 79.0 Å². The highest BCUT2D eigenvalue weighted by molar-refractivity contribution is 7.92. The summed E-state index contributed by atoms with van der Waals surface area (Å²) in [5, 5.41) is 14.4. The average Bonchev–Trinajstić information content (AvgIpc) is 3.36. The van der Waals surface area contributed by atoms with E-state index in [1.807, 2.05) is 42.5 Å². The van der Waals surface area contributed by atoms with Crippen molar-refractivity contribution >= 4 is 44.4 Å². The van der Waals surface area contributed by atoms with E-state index in [1.54, 1.807) is 12.1 Å². The number of fused-ring (bicyclic) bond motifs is 1. The van der Waals surface area contributed by atoms with Crippen molar-refractivity contribution in [1.82, 2.24) is 4.90 Å². The smallest absolute Gasteiger partial charge is 0.289 e. The maximum atomic E-state index is 13.4. The summed E-state index contributed by atoms with van der Waals surface area (Å²) in [5.41, 5.74) is 3.88. The minimum atomic E-state index is -4.30. The predicted molar refractivity (Wildman–Crippen MR) is 170 cm³/mol. The quantitative estimate of drug-likeness (QED) is 0.131. The third kappa shape index (κ3) is 6.24. The Labute approximate surface area is 255 Å². The number of nitrogens with one attached hydrogen (secondary N) is 2. The van der Waals surface area contributed by atoms with Crippen LogP contribution in [0, 0.1) is 10.1 Å². The Morgan fingerprint density at radius 1 is 0.932 bits per heavy atom. The lowest BCUT2D eigenvalue weighted by Gasteiger charge is -2.26. The Bertz CT molecular complexity index is 1840. The highest BCUT2D eigenvalue weighted by atomic mass is 32.2. The van der Waals surface area contributed by atoms with Gasteiger partial charge in [0.15, 0.2) is 4.90 Å². The van der Waals surface area contributed by atoms with Crippen molar-refractivity contribution in [3.63, 3.8) is 0 Å². The monoisotopic (exact) mass is 609 g/mol. The van der Waals surface area contributed by atoms with Gasteiger partial charge in [-0.25, -0.2) is 8.42 Å². The molecule has 2 aliphatic rings. The van der Waals surface area contributed by atoms with E-state index in [4.69, 9.17) is 4.99 Å². The molecule has 11 heteroatoms. The number of anilines is 2. The first-order valence-corrected chi connectivity index (χ1v) is 15.9. The molecule has 2 N–H and O–H groups in total. The zero-order chi connectivity index (χ0) is 30.7. The van der Waals surface area contributed by atoms with Crippen molar-refractivity contribution in [2.45, 2.75) is 36.6 Å². The van der Waals surface area contributed by atoms with Gasteiger partial charge < -0.3 is 5.32 Å². The fraction of sp³-hybridized carbons (Fsp3) is 0.212. The van der Waals surface area contributed by atoms with Crippen LogP contribution in [0.4, 0.5) is 22.7 Å². The maximum absolute atomic E-state index is 13.4. The summed E-state index contributed by atoms with van der Waals surface area (Å²) in [5.74, 6) is -1.11. The number of amides is 1. The molecule has 2 heterocycles. The Hall–Kier alpha value is -4.87. The van der Waals surface area contributed by atoms with E-state index in [9.17, 15) is 23.3 Å². The molecular formula is C33H31N5O5S. The lowest BCUT2D eigenvalue weighted by molar-refractivity contribution is -0.387. The van der Waals surface area contributed by atoms with Crippen molar-refractivity contribution in [1.29, 1.82) is 0 Å². The molecule has 6 rings (SSSR count). The van der Waals surface area contributed by atoms with Crippen LogP contribution < -0.4 is 10.0 Å². The molecule has 4 aromatic carbocycles. The summed E-state index contributed by atoms with van der Waals surface area (Å²) in [6.45, 7) is 3.10. The highest BCUT2D eigenvalue weighted by Crippen LogP contribution is 2.38. The number of rotatable bonds is 9. The minimum absolute atomic E-state index is 0.165. The summed E-state index contributed by atoms with van der Waals surface area (Å²) < 4.78 is 28.8. The molecule has 224 valence electrons. The molecule has 1 unspecified atom stereocenters. The zero-order valence-electron chi connectivity index (χ0n) is 23.8. The largest absolute Gasteiger partial charge is 0.325 e. The maximum Gasteiger partial charge on any atom is 0.289 e. The number of aliphatic imine (C=N–C) groups is 1. The normalized spacial score (nSPS) is 17.1. The van der Waals surface area contributed by atoms with E-state index in [2.05, 4.69) is 27.1 Å². The van der Waals surface area contributed by atoms with Crippen molar-refractivity contribution in [3.05, 3.63) is 124 Å². The Morgan fingerprint density at radius 3 is 2.36 bits per heavy atom. The second-order valence-corrected chi connectivity index (χ2v) is 12.6. The summed E-state index contributed by atoms with van der Waals surface area (Å²) >= 11 is 0. The van der Waals surface area contributed by atoms with E-state index < -0.39 is 31.4 Å². The molecule has 1 fully saturated rings. The van der Waals surface area contributed by atoms with Crippen LogP contribution in [0.1, 0.15) is 41.9 Å². The molecule has 0 spiro atoms. The number of nitro groups is 1. The van der Waals surface area contributed by atoms with E-state index in [-0.39, 0.29) is 11.6 Å². The fourth-order valence-corrected chi connectivity index (χ4v) is 6.96. The molecule has 2 aliphatic heterocycles. The van der Waals surface area contributed by atoms with Crippen molar-refractivity contribution in [2.24, 2.45) is 4.99 Å². The first-order valence-electron chi connectivity index (χ1n) is 14.4. The Kier molecular flexibility index (Phi) is 8.23. The molecular weight excluding hydrogens is 578 g/mol. The zero-order valence-corrected chi connectivity index (χ0v) is 24.7. The van der Waals surface area contributed by atoms with Crippen LogP contribution in [0.25, 0.3) is 0 Å². The number of hydrogen-bond acceptors (Lipinski definition) is 7. The fourth-order valence-electron chi connectivity index (χ4n) is 5.74. The van der Waals surface area contributed by atoms with Gasteiger partial charge in [-0.3, -0.25) is 29.5 Å². The SMILES string of the molecule is O=C1Nc2ccc(NS(=O)(=O)c3ccccc3[N+](=O)[O-])cc2C1C(=Nc1ccc(CN2CCCCC2)cc1)c1ccccc1. The summed E-state index contributed by atoms with van der Waals surface area (Å²) in [7, 11) is -4.30. The molecule has 10 nitrogen and oxygen atoms in total. The summed E-state index contributed by atoms with van der Waals surface area (Å²) in [4.78, 5) is 31.1. The number of carbonyl (C=O) groups excluding carboxylic acids is 1. The standard InChI is InChI=1S/C33H31N5O5S/c39-33-31(27-21-26(17-18-28(27)35-33)36-44(42,43)30-12-6-5-11-29(30)38(40)41)32(24-9-3-1-4-10-24)34-25-15-13-23(14-16-25)22-37-19-7-2-8-20-37/h1,3-6,9-18,21,31,36H,2,7-8,19-20,22H2,(H,35,39). The summed E-state index contributed by atoms with van der Waals surface area (Å²) in [6, 6.07) is 27.3. The number of nitrogens with zero attached hydrogens (tertiary/aromatic N) is 3. The lowest BCUT2D eigenvalue weighted by atomic mass is 9.90. The number of sulfonamides is 1. The third-order valence-corrected chi connectivity index (χ3v) is 9.30. The van der Waals surface area contributed by atoms with Gasteiger partial charge in [0.2, 0.25) is 5.91 Å². The number of benzene rings is 4. The molecule has 1 saturated heterocycles. The molecule has 0 aliphatic carbocycles. The van der Waals surface area contributed by atoms with E-state index in [1.165, 1.54) is 49.1 Å². The molecule has 44 heavy (non-hydrogen) atoms. The number of piperidine rings is 1. The molecule has 1 atom stereocenters. The molecule has 4 aromatic rings. The molecule has 0 aromatic heterocycles. The topological polar surface area (TPSA) is 134 Å². The third-order valence-electron chi connectivity index (χ3n) is 7.87. The average molecular weight is 610 g/mol. The molecule has 0 bridgehead atoms. The van der Waals surface area contributed by atoms with Crippen molar-refractivity contribution in [2.75, 3.05) is 23.1 Å². The Balaban J connectivity index is 1.33. The number of hydrogen-bond donors (Lipinski definition) is 2. The number of carbonyl (C=O) groups is 1. The lowest BCUT2D eigenvalue weighted by Crippen LogP contribution is -2.28. The Morgan fingerprint density at radius 2 is 1.64 bits per heavy atom.